The molecule has 0 heterocycles. The van der Waals surface area contributed by atoms with E-state index >= 15 is 0 Å². The van der Waals surface area contributed by atoms with Gasteiger partial charge in [0.05, 0.1) is 0 Å². The van der Waals surface area contributed by atoms with Crippen molar-refractivity contribution < 1.29 is 57.2 Å². The third-order valence-electron chi connectivity index (χ3n) is 10.9. The van der Waals surface area contributed by atoms with Gasteiger partial charge >= 0.3 is 30.0 Å². The highest BCUT2D eigenvalue weighted by Crippen LogP contribution is 2.65. The molecule has 0 aliphatic heterocycles. The summed E-state index contributed by atoms with van der Waals surface area (Å²) in [5.74, 6) is -1.24. The summed E-state index contributed by atoms with van der Waals surface area (Å²) < 4.78 is 31.4. The molecular weight excluding hydrogens is 612 g/mol. The number of hydrogen-bond acceptors (Lipinski definition) is 12. The molecule has 0 radical (unpaired) electrons. The van der Waals surface area contributed by atoms with Crippen LogP contribution in [0.25, 0.3) is 0 Å². The maximum Gasteiger partial charge on any atom is 0.511 e. The molecule has 0 aromatic heterocycles. The van der Waals surface area contributed by atoms with Crippen molar-refractivity contribution >= 4 is 35.8 Å². The molecule has 6 unspecified atom stereocenters. The Hall–Kier alpha value is -3.44. The number of hydrogen-bond donors (Lipinski definition) is 0. The smallest absolute Gasteiger partial charge is 0.462 e. The topological polar surface area (TPSA) is 158 Å². The van der Waals surface area contributed by atoms with Crippen molar-refractivity contribution in [2.24, 2.45) is 34.5 Å². The lowest BCUT2D eigenvalue weighted by Crippen LogP contribution is -2.51. The number of ether oxygens (including phenoxy) is 6. The first-order valence-electron chi connectivity index (χ1n) is 16.9. The van der Waals surface area contributed by atoms with E-state index in [1.54, 1.807) is 6.92 Å². The summed E-state index contributed by atoms with van der Waals surface area (Å²) in [5.41, 5.74) is 1.24. The lowest BCUT2D eigenvalue weighted by molar-refractivity contribution is -0.172. The van der Waals surface area contributed by atoms with Crippen molar-refractivity contribution in [2.45, 2.75) is 124 Å². The number of carbonyl (C=O) groups is 6. The Morgan fingerprint density at radius 1 is 0.809 bits per heavy atom. The first kappa shape index (κ1) is 36.4. The van der Waals surface area contributed by atoms with Gasteiger partial charge in [-0.1, -0.05) is 26.3 Å². The average Bonchev–Trinajstić information content (AvgIpc) is 3.29. The molecule has 0 spiro atoms. The molecule has 4 aliphatic carbocycles. The SMILES string of the molecule is CC(=O)OCC(COC(C)=O)OC(=O)CC(C)CC(=O)OC(C)OC(=O)OC1CC[C@H]2C3CCC4=CC(=O)CCC4(C)[C@H]3CCC12C. The van der Waals surface area contributed by atoms with Gasteiger partial charge in [-0.3, -0.25) is 24.0 Å². The van der Waals surface area contributed by atoms with Crippen LogP contribution in [0.3, 0.4) is 0 Å². The van der Waals surface area contributed by atoms with Crippen LogP contribution in [-0.2, 0) is 52.4 Å². The second kappa shape index (κ2) is 15.2. The Morgan fingerprint density at radius 2 is 1.45 bits per heavy atom. The quantitative estimate of drug-likeness (QED) is 0.149. The molecular formula is C35H50O12. The minimum atomic E-state index is -1.19. The van der Waals surface area contributed by atoms with Crippen molar-refractivity contribution in [3.05, 3.63) is 11.6 Å². The molecule has 4 aliphatic rings. The molecule has 3 fully saturated rings. The van der Waals surface area contributed by atoms with Gasteiger partial charge in [-0.25, -0.2) is 4.79 Å². The molecule has 0 N–H and O–H groups in total. The van der Waals surface area contributed by atoms with E-state index in [0.29, 0.717) is 24.2 Å². The molecule has 3 saturated carbocycles. The van der Waals surface area contributed by atoms with Crippen LogP contribution in [-0.4, -0.2) is 67.5 Å². The van der Waals surface area contributed by atoms with Gasteiger partial charge in [-0.2, -0.15) is 0 Å². The van der Waals surface area contributed by atoms with Crippen molar-refractivity contribution in [3.63, 3.8) is 0 Å². The predicted molar refractivity (Wildman–Crippen MR) is 165 cm³/mol. The molecule has 4 rings (SSSR count). The first-order valence-corrected chi connectivity index (χ1v) is 16.9. The maximum absolute atomic E-state index is 12.8. The van der Waals surface area contributed by atoms with Crippen LogP contribution in [0.4, 0.5) is 4.79 Å². The van der Waals surface area contributed by atoms with Crippen LogP contribution >= 0.6 is 0 Å². The van der Waals surface area contributed by atoms with Gasteiger partial charge in [0.2, 0.25) is 6.29 Å². The Morgan fingerprint density at radius 3 is 2.09 bits per heavy atom. The number of fused-ring (bicyclic) bond motifs is 5. The predicted octanol–water partition coefficient (Wildman–Crippen LogP) is 5.38. The molecule has 12 heteroatoms. The Bertz CT molecular complexity index is 1240. The fourth-order valence-electron chi connectivity index (χ4n) is 8.65. The van der Waals surface area contributed by atoms with Gasteiger partial charge in [-0.05, 0) is 80.1 Å². The van der Waals surface area contributed by atoms with E-state index in [9.17, 15) is 28.8 Å². The Kier molecular flexibility index (Phi) is 11.8. The standard InChI is InChI=1S/C35H50O12/c1-20(16-32(40)46-26(18-42-21(2)36)19-43-22(3)37)15-31(39)44-23(4)45-33(41)47-30-10-9-28-27-8-7-24-17-25(38)11-13-34(24,5)29(27)12-14-35(28,30)6/h17,20,23,26-30H,7-16,18-19H2,1-6H3/t20?,23?,27?,28-,29-,30?,34?,35?/m0/s1. The summed E-state index contributed by atoms with van der Waals surface area (Å²) in [4.78, 5) is 72.1. The molecule has 12 nitrogen and oxygen atoms in total. The summed E-state index contributed by atoms with van der Waals surface area (Å²) in [6.45, 7) is 9.49. The maximum atomic E-state index is 12.8. The van der Waals surface area contributed by atoms with E-state index in [4.69, 9.17) is 28.4 Å². The van der Waals surface area contributed by atoms with Crippen molar-refractivity contribution in [1.29, 1.82) is 0 Å². The van der Waals surface area contributed by atoms with Crippen LogP contribution in [0.5, 0.6) is 0 Å². The summed E-state index contributed by atoms with van der Waals surface area (Å²) in [5, 5.41) is 0. The zero-order chi connectivity index (χ0) is 34.5. The van der Waals surface area contributed by atoms with Crippen molar-refractivity contribution in [2.75, 3.05) is 13.2 Å². The van der Waals surface area contributed by atoms with Crippen LogP contribution in [0, 0.1) is 34.5 Å². The van der Waals surface area contributed by atoms with E-state index in [2.05, 4.69) is 13.8 Å². The minimum absolute atomic E-state index is 0.0754. The fraction of sp³-hybridized carbons (Fsp3) is 0.771. The molecule has 262 valence electrons. The summed E-state index contributed by atoms with van der Waals surface area (Å²) >= 11 is 0. The molecule has 47 heavy (non-hydrogen) atoms. The van der Waals surface area contributed by atoms with Gasteiger partial charge in [0.15, 0.2) is 11.9 Å². The molecule has 0 aromatic rings. The molecule has 8 atom stereocenters. The lowest BCUT2D eigenvalue weighted by atomic mass is 9.47. The number of esters is 4. The first-order chi connectivity index (χ1) is 22.1. The fourth-order valence-corrected chi connectivity index (χ4v) is 8.65. The van der Waals surface area contributed by atoms with E-state index in [-0.39, 0.29) is 48.8 Å². The Labute approximate surface area is 276 Å². The zero-order valence-electron chi connectivity index (χ0n) is 28.5. The van der Waals surface area contributed by atoms with E-state index in [1.807, 2.05) is 6.08 Å². The highest BCUT2D eigenvalue weighted by molar-refractivity contribution is 5.91. The number of allylic oxidation sites excluding steroid dienone is 1. The Balaban J connectivity index is 1.21. The van der Waals surface area contributed by atoms with Crippen LogP contribution in [0.1, 0.15) is 106 Å². The number of carbonyl (C=O) groups excluding carboxylic acids is 6. The van der Waals surface area contributed by atoms with E-state index < -0.39 is 48.3 Å². The molecule has 0 saturated heterocycles. The monoisotopic (exact) mass is 662 g/mol. The molecule has 0 amide bonds. The highest BCUT2D eigenvalue weighted by atomic mass is 16.8. The second-order valence-electron chi connectivity index (χ2n) is 14.4. The number of ketones is 1. The number of rotatable bonds is 12. The lowest BCUT2D eigenvalue weighted by Gasteiger charge is -2.57. The van der Waals surface area contributed by atoms with Gasteiger partial charge in [-0.15, -0.1) is 0 Å². The molecule has 0 bridgehead atoms. The van der Waals surface area contributed by atoms with Crippen LogP contribution in [0.2, 0.25) is 0 Å². The highest BCUT2D eigenvalue weighted by Gasteiger charge is 2.60. The van der Waals surface area contributed by atoms with E-state index in [0.717, 1.165) is 44.9 Å². The second-order valence-corrected chi connectivity index (χ2v) is 14.4. The van der Waals surface area contributed by atoms with Gasteiger partial charge < -0.3 is 28.4 Å². The third kappa shape index (κ3) is 8.93. The summed E-state index contributed by atoms with van der Waals surface area (Å²) in [7, 11) is 0. The van der Waals surface area contributed by atoms with Crippen LogP contribution < -0.4 is 0 Å². The zero-order valence-corrected chi connectivity index (χ0v) is 28.5. The average molecular weight is 663 g/mol. The van der Waals surface area contributed by atoms with Gasteiger partial charge in [0.25, 0.3) is 0 Å². The van der Waals surface area contributed by atoms with Crippen LogP contribution in [0.15, 0.2) is 11.6 Å². The molecule has 0 aromatic carbocycles. The van der Waals surface area contributed by atoms with Crippen molar-refractivity contribution in [3.8, 4) is 0 Å². The van der Waals surface area contributed by atoms with Gasteiger partial charge in [0, 0.05) is 45.4 Å². The summed E-state index contributed by atoms with van der Waals surface area (Å²) in [6, 6.07) is 0. The largest absolute Gasteiger partial charge is 0.511 e. The van der Waals surface area contributed by atoms with Gasteiger partial charge in [0.1, 0.15) is 19.3 Å². The summed E-state index contributed by atoms with van der Waals surface area (Å²) in [6.07, 6.45) is 5.52. The minimum Gasteiger partial charge on any atom is -0.462 e. The van der Waals surface area contributed by atoms with E-state index in [1.165, 1.54) is 26.3 Å². The van der Waals surface area contributed by atoms with Crippen molar-refractivity contribution in [1.82, 2.24) is 0 Å². The normalized spacial score (nSPS) is 30.8. The third-order valence-corrected chi connectivity index (χ3v) is 10.9.